The highest BCUT2D eigenvalue weighted by Crippen LogP contribution is 2.11. The maximum absolute atomic E-state index is 3.71. The summed E-state index contributed by atoms with van der Waals surface area (Å²) in [4.78, 5) is 0. The van der Waals surface area contributed by atoms with Gasteiger partial charge in [0.2, 0.25) is 0 Å². The van der Waals surface area contributed by atoms with E-state index in [1.54, 1.807) is 0 Å². The summed E-state index contributed by atoms with van der Waals surface area (Å²) in [5, 5.41) is 0. The van der Waals surface area contributed by atoms with Crippen LogP contribution in [-0.2, 0) is 0 Å². The van der Waals surface area contributed by atoms with Gasteiger partial charge in [0, 0.05) is 0 Å². The molecular weight excluding hydrogens is 264 g/mol. The summed E-state index contributed by atoms with van der Waals surface area (Å²) in [5.74, 6) is 0. The molecule has 0 aromatic carbocycles. The summed E-state index contributed by atoms with van der Waals surface area (Å²) in [6.07, 6.45) is 31.5. The van der Waals surface area contributed by atoms with Crippen LogP contribution < -0.4 is 0 Å². The Hall–Kier alpha value is -0.520. The van der Waals surface area contributed by atoms with E-state index in [0.717, 1.165) is 12.8 Å². The van der Waals surface area contributed by atoms with E-state index >= 15 is 0 Å². The smallest absolute Gasteiger partial charge is 0.0133 e. The van der Waals surface area contributed by atoms with E-state index in [4.69, 9.17) is 0 Å². The number of allylic oxidation sites excluding steroid dienone is 3. The maximum Gasteiger partial charge on any atom is -0.0133 e. The third-order valence-corrected chi connectivity index (χ3v) is 4.15. The van der Waals surface area contributed by atoms with Gasteiger partial charge in [0.05, 0.1) is 0 Å². The SMILES string of the molecule is C=CC[C]CCCCCCCCC=CCCCCCCCC. The van der Waals surface area contributed by atoms with Crippen LogP contribution in [0.1, 0.15) is 110 Å². The van der Waals surface area contributed by atoms with Gasteiger partial charge in [-0.1, -0.05) is 89.4 Å². The molecule has 0 aromatic heterocycles. The molecule has 0 aromatic rings. The third kappa shape index (κ3) is 19.5. The average molecular weight is 305 g/mol. The summed E-state index contributed by atoms with van der Waals surface area (Å²) in [7, 11) is 0. The van der Waals surface area contributed by atoms with Crippen LogP contribution in [0.4, 0.5) is 0 Å². The summed E-state index contributed by atoms with van der Waals surface area (Å²) in [6.45, 7) is 5.99. The normalized spacial score (nSPS) is 11.3. The Morgan fingerprint density at radius 2 is 1.18 bits per heavy atom. The standard InChI is InChI=1S/C22H40/c1-3-5-7-9-11-13-15-17-19-21-22-20-18-16-14-12-10-8-6-4-2/h3,18,20H,1,4-6,8-17,19,21-22H2,2H3. The quantitative estimate of drug-likeness (QED) is 0.177. The highest BCUT2D eigenvalue weighted by Gasteiger charge is 1.92. The molecule has 22 heavy (non-hydrogen) atoms. The van der Waals surface area contributed by atoms with Crippen LogP contribution in [0.15, 0.2) is 24.8 Å². The van der Waals surface area contributed by atoms with Crippen LogP contribution in [0.3, 0.4) is 0 Å². The van der Waals surface area contributed by atoms with Crippen LogP contribution in [0.25, 0.3) is 0 Å². The second-order valence-electron chi connectivity index (χ2n) is 6.43. The topological polar surface area (TPSA) is 0 Å². The molecule has 0 heterocycles. The molecule has 0 N–H and O–H groups in total. The van der Waals surface area contributed by atoms with Crippen molar-refractivity contribution in [3.63, 3.8) is 0 Å². The van der Waals surface area contributed by atoms with Crippen molar-refractivity contribution in [2.45, 2.75) is 110 Å². The van der Waals surface area contributed by atoms with Crippen LogP contribution >= 0.6 is 0 Å². The summed E-state index contributed by atoms with van der Waals surface area (Å²) in [5.41, 5.74) is 0. The van der Waals surface area contributed by atoms with Crippen LogP contribution in [0.2, 0.25) is 0 Å². The molecule has 0 aliphatic carbocycles. The molecule has 0 aliphatic rings. The van der Waals surface area contributed by atoms with Gasteiger partial charge in [-0.3, -0.25) is 0 Å². The molecule has 0 heteroatoms. The van der Waals surface area contributed by atoms with Crippen molar-refractivity contribution in [2.75, 3.05) is 0 Å². The molecule has 0 fully saturated rings. The second-order valence-corrected chi connectivity index (χ2v) is 6.43. The van der Waals surface area contributed by atoms with E-state index in [1.165, 1.54) is 89.9 Å². The molecule has 0 rings (SSSR count). The van der Waals surface area contributed by atoms with Gasteiger partial charge in [-0.2, -0.15) is 0 Å². The van der Waals surface area contributed by atoms with Crippen molar-refractivity contribution in [3.8, 4) is 0 Å². The van der Waals surface area contributed by atoms with Crippen molar-refractivity contribution in [2.24, 2.45) is 0 Å². The van der Waals surface area contributed by atoms with Crippen molar-refractivity contribution in [1.82, 2.24) is 0 Å². The summed E-state index contributed by atoms with van der Waals surface area (Å²) in [6, 6.07) is 0. The molecular formula is C22H40. The fourth-order valence-electron chi connectivity index (χ4n) is 2.70. The second kappa shape index (κ2) is 20.5. The monoisotopic (exact) mass is 304 g/mol. The van der Waals surface area contributed by atoms with E-state index in [2.05, 4.69) is 32.1 Å². The summed E-state index contributed by atoms with van der Waals surface area (Å²) >= 11 is 0. The largest absolute Gasteiger partial charge is 0.103 e. The third-order valence-electron chi connectivity index (χ3n) is 4.15. The van der Waals surface area contributed by atoms with Crippen molar-refractivity contribution in [3.05, 3.63) is 31.2 Å². The van der Waals surface area contributed by atoms with Gasteiger partial charge in [-0.05, 0) is 44.9 Å². The molecule has 2 radical (unpaired) electrons. The number of rotatable bonds is 18. The van der Waals surface area contributed by atoms with Gasteiger partial charge in [-0.15, -0.1) is 6.58 Å². The van der Waals surface area contributed by atoms with Gasteiger partial charge in [-0.25, -0.2) is 0 Å². The zero-order valence-electron chi connectivity index (χ0n) is 15.3. The van der Waals surface area contributed by atoms with Crippen LogP contribution in [-0.4, -0.2) is 0 Å². The number of hydrogen-bond acceptors (Lipinski definition) is 0. The Kier molecular flexibility index (Phi) is 20.0. The lowest BCUT2D eigenvalue weighted by atomic mass is 10.1. The highest BCUT2D eigenvalue weighted by atomic mass is 14.0. The zero-order valence-corrected chi connectivity index (χ0v) is 15.3. The van der Waals surface area contributed by atoms with Crippen molar-refractivity contribution in [1.29, 1.82) is 0 Å². The van der Waals surface area contributed by atoms with Gasteiger partial charge in [0.15, 0.2) is 0 Å². The molecule has 0 atom stereocenters. The Bertz CT molecular complexity index is 226. The van der Waals surface area contributed by atoms with Crippen LogP contribution in [0, 0.1) is 6.42 Å². The Labute approximate surface area is 141 Å². The first-order chi connectivity index (χ1) is 10.9. The zero-order chi connectivity index (χ0) is 16.1. The molecule has 0 aliphatic heterocycles. The molecule has 0 amide bonds. The Morgan fingerprint density at radius 3 is 1.73 bits per heavy atom. The van der Waals surface area contributed by atoms with Crippen molar-refractivity contribution < 1.29 is 0 Å². The predicted molar refractivity (Wildman–Crippen MR) is 102 cm³/mol. The lowest BCUT2D eigenvalue weighted by Gasteiger charge is -2.00. The Morgan fingerprint density at radius 1 is 0.682 bits per heavy atom. The molecule has 0 bridgehead atoms. The minimum atomic E-state index is 0.949. The van der Waals surface area contributed by atoms with E-state index in [0.29, 0.717) is 0 Å². The van der Waals surface area contributed by atoms with E-state index < -0.39 is 0 Å². The van der Waals surface area contributed by atoms with E-state index in [9.17, 15) is 0 Å². The molecule has 0 nitrogen and oxygen atoms in total. The van der Waals surface area contributed by atoms with E-state index in [-0.39, 0.29) is 0 Å². The minimum Gasteiger partial charge on any atom is -0.103 e. The van der Waals surface area contributed by atoms with Crippen LogP contribution in [0.5, 0.6) is 0 Å². The number of unbranched alkanes of at least 4 members (excludes halogenated alkanes) is 15. The molecule has 128 valence electrons. The Balaban J connectivity index is 3.03. The first-order valence-corrected chi connectivity index (χ1v) is 9.88. The maximum atomic E-state index is 3.71. The molecule has 0 saturated carbocycles. The fraction of sp³-hybridized carbons (Fsp3) is 0.773. The molecule has 0 saturated heterocycles. The van der Waals surface area contributed by atoms with Gasteiger partial charge in [0.1, 0.15) is 0 Å². The van der Waals surface area contributed by atoms with Crippen molar-refractivity contribution >= 4 is 0 Å². The number of hydrogen-bond donors (Lipinski definition) is 0. The minimum absolute atomic E-state index is 0.949. The van der Waals surface area contributed by atoms with Gasteiger partial charge in [0.25, 0.3) is 0 Å². The molecule has 0 unspecified atom stereocenters. The fourth-order valence-corrected chi connectivity index (χ4v) is 2.70. The first kappa shape index (κ1) is 21.5. The van der Waals surface area contributed by atoms with Gasteiger partial charge >= 0.3 is 0 Å². The lowest BCUT2D eigenvalue weighted by molar-refractivity contribution is 0.592. The molecule has 0 spiro atoms. The van der Waals surface area contributed by atoms with E-state index in [1.807, 2.05) is 6.08 Å². The first-order valence-electron chi connectivity index (χ1n) is 9.88. The lowest BCUT2D eigenvalue weighted by Crippen LogP contribution is -1.81. The predicted octanol–water partition coefficient (Wildman–Crippen LogP) is 8.07. The highest BCUT2D eigenvalue weighted by molar-refractivity contribution is 4.81. The summed E-state index contributed by atoms with van der Waals surface area (Å²) < 4.78 is 0. The average Bonchev–Trinajstić information content (AvgIpc) is 2.54. The van der Waals surface area contributed by atoms with Gasteiger partial charge < -0.3 is 0 Å².